The van der Waals surface area contributed by atoms with E-state index in [0.717, 1.165) is 0 Å². The molecule has 0 saturated heterocycles. The van der Waals surface area contributed by atoms with Crippen molar-refractivity contribution in [2.45, 2.75) is 0 Å². The van der Waals surface area contributed by atoms with Crippen LogP contribution >= 0.6 is 13.5 Å². The zero-order valence-corrected chi connectivity index (χ0v) is 5.23. The molecule has 0 aromatic rings. The summed E-state index contributed by atoms with van der Waals surface area (Å²) >= 11 is 0. The second-order valence-electron chi connectivity index (χ2n) is 0. The summed E-state index contributed by atoms with van der Waals surface area (Å²) in [6.07, 6.45) is 0. The SMILES string of the molecule is O.S.[Al].[Si]. The lowest BCUT2D eigenvalue weighted by Crippen LogP contribution is -0.382. The zero-order valence-electron chi connectivity index (χ0n) is 2.08. The Morgan fingerprint density at radius 2 is 1.00 bits per heavy atom. The minimum atomic E-state index is 0. The monoisotopic (exact) mass is 107 g/mol. The van der Waals surface area contributed by atoms with Crippen LogP contribution in [0.2, 0.25) is 0 Å². The highest BCUT2D eigenvalue weighted by molar-refractivity contribution is 7.59. The standard InChI is InChI=1S/Al.H2O.H2S.Si/h;2*1H2;. The highest BCUT2D eigenvalue weighted by Crippen LogP contribution is 0.648. The Labute approximate surface area is 47.7 Å². The van der Waals surface area contributed by atoms with E-state index < -0.39 is 0 Å². The molecule has 4 heavy (non-hydrogen) atoms. The molecular formula is H4AlOSSi. The first-order valence-electron chi connectivity index (χ1n) is 0. The minimum Gasteiger partial charge on any atom is -0.412 e. The average Bonchev–Trinajstić information content (AvgIpc) is 0. The topological polar surface area (TPSA) is 31.5 Å². The van der Waals surface area contributed by atoms with Gasteiger partial charge in [0.1, 0.15) is 0 Å². The number of rotatable bonds is 0. The van der Waals surface area contributed by atoms with E-state index in [9.17, 15) is 0 Å². The molecule has 0 unspecified atom stereocenters. The Kier molecular flexibility index (Phi) is 629. The molecule has 4 heteroatoms. The predicted molar refractivity (Wildman–Crippen MR) is 25.5 cm³/mol. The highest BCUT2D eigenvalue weighted by Gasteiger charge is 0.00102. The van der Waals surface area contributed by atoms with Crippen molar-refractivity contribution in [2.24, 2.45) is 0 Å². The molecule has 23 valence electrons. The van der Waals surface area contributed by atoms with Crippen LogP contribution in [-0.4, -0.2) is 33.8 Å². The zero-order chi connectivity index (χ0) is 0. The van der Waals surface area contributed by atoms with E-state index in [2.05, 4.69) is 0 Å². The van der Waals surface area contributed by atoms with Crippen molar-refractivity contribution in [1.29, 1.82) is 0 Å². The summed E-state index contributed by atoms with van der Waals surface area (Å²) in [6.45, 7) is 0. The summed E-state index contributed by atoms with van der Waals surface area (Å²) in [5.74, 6) is 0. The van der Waals surface area contributed by atoms with Crippen molar-refractivity contribution in [3.63, 3.8) is 0 Å². The molecule has 0 heterocycles. The summed E-state index contributed by atoms with van der Waals surface area (Å²) in [4.78, 5) is 0. The second-order valence-corrected chi connectivity index (χ2v) is 0. The summed E-state index contributed by atoms with van der Waals surface area (Å²) < 4.78 is 0. The van der Waals surface area contributed by atoms with Gasteiger partial charge in [-0.2, -0.15) is 13.5 Å². The molecular weight excluding hydrogens is 103 g/mol. The largest absolute Gasteiger partial charge is 0.412 e. The molecule has 7 radical (unpaired) electrons. The lowest BCUT2D eigenvalue weighted by atomic mass is 16.0. The van der Waals surface area contributed by atoms with Gasteiger partial charge in [-0.15, -0.1) is 0 Å². The van der Waals surface area contributed by atoms with Gasteiger partial charge in [-0.25, -0.2) is 0 Å². The minimum absolute atomic E-state index is 0. The molecule has 0 aliphatic carbocycles. The molecule has 0 aromatic carbocycles. The van der Waals surface area contributed by atoms with Crippen molar-refractivity contribution >= 4 is 41.8 Å². The predicted octanol–water partition coefficient (Wildman–Crippen LogP) is -1.47. The number of hydrogen-bond donors (Lipinski definition) is 0. The smallest absolute Gasteiger partial charge is 0 e. The maximum Gasteiger partial charge on any atom is 0 e. The van der Waals surface area contributed by atoms with E-state index in [-0.39, 0.29) is 47.3 Å². The summed E-state index contributed by atoms with van der Waals surface area (Å²) in [7, 11) is 0. The van der Waals surface area contributed by atoms with Gasteiger partial charge in [-0.3, -0.25) is 0 Å². The third kappa shape index (κ3) is 11.6. The van der Waals surface area contributed by atoms with Crippen LogP contribution in [0.4, 0.5) is 0 Å². The van der Waals surface area contributed by atoms with E-state index in [1.807, 2.05) is 0 Å². The molecule has 0 aliphatic heterocycles. The second kappa shape index (κ2) is 33.9. The molecule has 1 nitrogen and oxygen atoms in total. The molecule has 0 rings (SSSR count). The fraction of sp³-hybridized carbons (Fsp3) is 0. The van der Waals surface area contributed by atoms with Crippen LogP contribution in [-0.2, 0) is 0 Å². The Morgan fingerprint density at radius 3 is 1.00 bits per heavy atom. The third-order valence-corrected chi connectivity index (χ3v) is 0. The number of hydrogen-bond acceptors (Lipinski definition) is 0. The van der Waals surface area contributed by atoms with E-state index in [4.69, 9.17) is 0 Å². The molecule has 0 aliphatic rings. The van der Waals surface area contributed by atoms with Gasteiger partial charge in [0.25, 0.3) is 0 Å². The fourth-order valence-corrected chi connectivity index (χ4v) is 0. The Balaban J connectivity index is 0. The van der Waals surface area contributed by atoms with Gasteiger partial charge in [0.05, 0.1) is 0 Å². The summed E-state index contributed by atoms with van der Waals surface area (Å²) in [5.41, 5.74) is 0. The molecule has 0 aromatic heterocycles. The van der Waals surface area contributed by atoms with Gasteiger partial charge in [0, 0.05) is 28.3 Å². The molecule has 2 N–H and O–H groups in total. The van der Waals surface area contributed by atoms with Crippen molar-refractivity contribution < 1.29 is 5.48 Å². The van der Waals surface area contributed by atoms with Crippen molar-refractivity contribution in [3.05, 3.63) is 0 Å². The molecule has 0 bridgehead atoms. The summed E-state index contributed by atoms with van der Waals surface area (Å²) in [6, 6.07) is 0. The Hall–Kier alpha value is 1.06. The van der Waals surface area contributed by atoms with E-state index in [1.165, 1.54) is 0 Å². The van der Waals surface area contributed by atoms with Crippen LogP contribution < -0.4 is 0 Å². The maximum atomic E-state index is 0. The first kappa shape index (κ1) is 74.3. The van der Waals surface area contributed by atoms with Crippen LogP contribution in [0.1, 0.15) is 0 Å². The lowest BCUT2D eigenvalue weighted by Gasteiger charge is -0.412. The molecule has 0 amide bonds. The Morgan fingerprint density at radius 1 is 1.00 bits per heavy atom. The van der Waals surface area contributed by atoms with E-state index in [0.29, 0.717) is 0 Å². The van der Waals surface area contributed by atoms with Gasteiger partial charge >= 0.3 is 0 Å². The maximum absolute atomic E-state index is 0. The quantitative estimate of drug-likeness (QED) is 0.338. The van der Waals surface area contributed by atoms with Gasteiger partial charge in [-0.1, -0.05) is 0 Å². The fourth-order valence-electron chi connectivity index (χ4n) is 0. The van der Waals surface area contributed by atoms with Crippen LogP contribution in [0.25, 0.3) is 0 Å². The molecule has 0 fully saturated rings. The summed E-state index contributed by atoms with van der Waals surface area (Å²) in [5, 5.41) is 0. The van der Waals surface area contributed by atoms with Gasteiger partial charge in [0.2, 0.25) is 0 Å². The first-order valence-corrected chi connectivity index (χ1v) is 0. The van der Waals surface area contributed by atoms with Crippen LogP contribution in [0.3, 0.4) is 0 Å². The normalized spacial score (nSPS) is 0. The van der Waals surface area contributed by atoms with E-state index >= 15 is 0 Å². The van der Waals surface area contributed by atoms with Crippen molar-refractivity contribution in [2.75, 3.05) is 0 Å². The average molecular weight is 107 g/mol. The molecule has 0 spiro atoms. The molecule has 0 saturated carbocycles. The first-order chi connectivity index (χ1) is 0. The third-order valence-electron chi connectivity index (χ3n) is 0. The van der Waals surface area contributed by atoms with Crippen LogP contribution in [0.5, 0.6) is 0 Å². The van der Waals surface area contributed by atoms with Gasteiger partial charge in [-0.05, 0) is 0 Å². The molecule has 0 atom stereocenters. The van der Waals surface area contributed by atoms with Gasteiger partial charge in [0.15, 0.2) is 0 Å². The Bertz CT molecular complexity index is 8.00. The van der Waals surface area contributed by atoms with Crippen LogP contribution in [0, 0.1) is 0 Å². The van der Waals surface area contributed by atoms with Crippen molar-refractivity contribution in [3.8, 4) is 0 Å². The van der Waals surface area contributed by atoms with Crippen molar-refractivity contribution in [1.82, 2.24) is 0 Å². The van der Waals surface area contributed by atoms with E-state index in [1.54, 1.807) is 0 Å². The van der Waals surface area contributed by atoms with Crippen LogP contribution in [0.15, 0.2) is 0 Å². The lowest BCUT2D eigenvalue weighted by molar-refractivity contribution is 0.824. The highest BCUT2D eigenvalue weighted by atomic mass is 32.1. The van der Waals surface area contributed by atoms with Gasteiger partial charge < -0.3 is 5.48 Å².